The first-order valence-corrected chi connectivity index (χ1v) is 7.29. The molecular formula is C11H18N2O4S. The molecule has 7 heteroatoms. The monoisotopic (exact) mass is 274 g/mol. The topological polar surface area (TPSA) is 81.1 Å². The molecule has 0 aromatic rings. The average molecular weight is 274 g/mol. The van der Waals surface area contributed by atoms with E-state index in [0.29, 0.717) is 13.1 Å². The Labute approximate surface area is 110 Å². The summed E-state index contributed by atoms with van der Waals surface area (Å²) in [5, 5.41) is 18.6. The van der Waals surface area contributed by atoms with Crippen LogP contribution in [0.1, 0.15) is 12.8 Å². The number of aliphatic hydroxyl groups excluding tert-OH is 1. The SMILES string of the molecule is O=C(O)[C@@H]1C[C@H](O)CN1C(=O)N1CCCSCC1. The summed E-state index contributed by atoms with van der Waals surface area (Å²) in [6.45, 7) is 1.45. The van der Waals surface area contributed by atoms with Crippen molar-refractivity contribution in [1.82, 2.24) is 9.80 Å². The van der Waals surface area contributed by atoms with E-state index in [1.54, 1.807) is 4.90 Å². The van der Waals surface area contributed by atoms with Crippen LogP contribution in [0.15, 0.2) is 0 Å². The third-order valence-electron chi connectivity index (χ3n) is 3.30. The van der Waals surface area contributed by atoms with Gasteiger partial charge >= 0.3 is 12.0 Å². The van der Waals surface area contributed by atoms with Crippen LogP contribution in [-0.4, -0.2) is 75.3 Å². The smallest absolute Gasteiger partial charge is 0.326 e. The molecule has 0 unspecified atom stereocenters. The van der Waals surface area contributed by atoms with E-state index in [0.717, 1.165) is 17.9 Å². The van der Waals surface area contributed by atoms with E-state index in [2.05, 4.69) is 0 Å². The molecule has 2 atom stereocenters. The molecule has 0 saturated carbocycles. The Morgan fingerprint density at radius 1 is 1.22 bits per heavy atom. The summed E-state index contributed by atoms with van der Waals surface area (Å²) in [7, 11) is 0. The number of urea groups is 1. The average Bonchev–Trinajstić information content (AvgIpc) is 2.56. The zero-order valence-electron chi connectivity index (χ0n) is 10.1. The van der Waals surface area contributed by atoms with Crippen LogP contribution in [0.2, 0.25) is 0 Å². The van der Waals surface area contributed by atoms with E-state index in [4.69, 9.17) is 5.11 Å². The number of aliphatic hydroxyl groups is 1. The lowest BCUT2D eigenvalue weighted by Gasteiger charge is -2.29. The van der Waals surface area contributed by atoms with Gasteiger partial charge < -0.3 is 20.0 Å². The Morgan fingerprint density at radius 3 is 2.72 bits per heavy atom. The molecule has 2 rings (SSSR count). The van der Waals surface area contributed by atoms with Crippen molar-refractivity contribution in [2.24, 2.45) is 0 Å². The maximum Gasteiger partial charge on any atom is 0.326 e. The van der Waals surface area contributed by atoms with Gasteiger partial charge in [0.2, 0.25) is 0 Å². The molecule has 0 spiro atoms. The Kier molecular flexibility index (Phi) is 4.34. The fraction of sp³-hybridized carbons (Fsp3) is 0.818. The van der Waals surface area contributed by atoms with Gasteiger partial charge in [-0.1, -0.05) is 0 Å². The first-order chi connectivity index (χ1) is 8.59. The van der Waals surface area contributed by atoms with Crippen molar-refractivity contribution < 1.29 is 19.8 Å². The predicted molar refractivity (Wildman–Crippen MR) is 67.7 cm³/mol. The summed E-state index contributed by atoms with van der Waals surface area (Å²) < 4.78 is 0. The summed E-state index contributed by atoms with van der Waals surface area (Å²) in [6.07, 6.45) is 0.338. The Hall–Kier alpha value is -0.950. The van der Waals surface area contributed by atoms with Crippen LogP contribution in [0, 0.1) is 0 Å². The van der Waals surface area contributed by atoms with E-state index in [9.17, 15) is 14.7 Å². The first kappa shape index (κ1) is 13.5. The van der Waals surface area contributed by atoms with Gasteiger partial charge in [-0.25, -0.2) is 9.59 Å². The number of nitrogens with zero attached hydrogens (tertiary/aromatic N) is 2. The number of hydrogen-bond donors (Lipinski definition) is 2. The molecule has 2 saturated heterocycles. The van der Waals surface area contributed by atoms with Crippen LogP contribution in [0.5, 0.6) is 0 Å². The lowest BCUT2D eigenvalue weighted by molar-refractivity contribution is -0.141. The number of thioether (sulfide) groups is 1. The minimum absolute atomic E-state index is 0.124. The Morgan fingerprint density at radius 2 is 2.00 bits per heavy atom. The maximum absolute atomic E-state index is 12.3. The van der Waals surface area contributed by atoms with Crippen LogP contribution >= 0.6 is 11.8 Å². The second-order valence-corrected chi connectivity index (χ2v) is 5.86. The summed E-state index contributed by atoms with van der Waals surface area (Å²) in [5.41, 5.74) is 0. The molecule has 0 aromatic carbocycles. The van der Waals surface area contributed by atoms with E-state index in [1.165, 1.54) is 4.90 Å². The highest BCUT2D eigenvalue weighted by molar-refractivity contribution is 7.99. The minimum atomic E-state index is -1.04. The number of rotatable bonds is 1. The van der Waals surface area contributed by atoms with Crippen LogP contribution in [0.4, 0.5) is 4.79 Å². The van der Waals surface area contributed by atoms with Crippen molar-refractivity contribution in [2.75, 3.05) is 31.1 Å². The highest BCUT2D eigenvalue weighted by Gasteiger charge is 2.40. The van der Waals surface area contributed by atoms with E-state index < -0.39 is 18.1 Å². The standard InChI is InChI=1S/C11H18N2O4S/c14-8-6-9(10(15)16)13(7-8)11(17)12-2-1-4-18-5-3-12/h8-9,14H,1-7H2,(H,15,16)/t8-,9-/m0/s1. The number of likely N-dealkylation sites (tertiary alicyclic amines) is 1. The van der Waals surface area contributed by atoms with Gasteiger partial charge in [0.25, 0.3) is 0 Å². The second kappa shape index (κ2) is 5.79. The molecule has 0 aromatic heterocycles. The largest absolute Gasteiger partial charge is 0.480 e. The minimum Gasteiger partial charge on any atom is -0.480 e. The van der Waals surface area contributed by atoms with E-state index in [1.807, 2.05) is 11.8 Å². The van der Waals surface area contributed by atoms with Gasteiger partial charge in [-0.15, -0.1) is 0 Å². The van der Waals surface area contributed by atoms with Crippen molar-refractivity contribution in [1.29, 1.82) is 0 Å². The summed E-state index contributed by atoms with van der Waals surface area (Å²) in [5.74, 6) is 0.887. The van der Waals surface area contributed by atoms with Crippen LogP contribution in [0.25, 0.3) is 0 Å². The van der Waals surface area contributed by atoms with Gasteiger partial charge in [0.05, 0.1) is 6.10 Å². The molecule has 6 nitrogen and oxygen atoms in total. The predicted octanol–water partition coefficient (Wildman–Crippen LogP) is 0.0651. The number of carboxylic acids is 1. The Bertz CT molecular complexity index is 331. The number of β-amino-alcohol motifs (C(OH)–C–C–N with tert-alkyl or cyclic N) is 1. The molecule has 102 valence electrons. The zero-order chi connectivity index (χ0) is 13.1. The molecule has 2 N–H and O–H groups in total. The number of aliphatic carboxylic acids is 1. The van der Waals surface area contributed by atoms with Gasteiger partial charge in [-0.3, -0.25) is 0 Å². The maximum atomic E-state index is 12.3. The van der Waals surface area contributed by atoms with Gasteiger partial charge in [0.15, 0.2) is 0 Å². The number of hydrogen-bond acceptors (Lipinski definition) is 4. The lowest BCUT2D eigenvalue weighted by Crippen LogP contribution is -2.48. The fourth-order valence-corrected chi connectivity index (χ4v) is 3.27. The molecule has 0 aliphatic carbocycles. The van der Waals surface area contributed by atoms with Gasteiger partial charge in [0.1, 0.15) is 6.04 Å². The summed E-state index contributed by atoms with van der Waals surface area (Å²) >= 11 is 1.81. The van der Waals surface area contributed by atoms with Gasteiger partial charge in [-0.2, -0.15) is 11.8 Å². The van der Waals surface area contributed by atoms with Crippen molar-refractivity contribution in [3.05, 3.63) is 0 Å². The molecule has 0 radical (unpaired) electrons. The molecule has 0 bridgehead atoms. The second-order valence-electron chi connectivity index (χ2n) is 4.63. The highest BCUT2D eigenvalue weighted by Crippen LogP contribution is 2.21. The quantitative estimate of drug-likeness (QED) is 0.707. The lowest BCUT2D eigenvalue weighted by atomic mass is 10.2. The highest BCUT2D eigenvalue weighted by atomic mass is 32.2. The molecule has 2 amide bonds. The number of amides is 2. The van der Waals surface area contributed by atoms with Crippen molar-refractivity contribution in [2.45, 2.75) is 25.0 Å². The third-order valence-corrected chi connectivity index (χ3v) is 4.35. The summed E-state index contributed by atoms with van der Waals surface area (Å²) in [4.78, 5) is 26.4. The van der Waals surface area contributed by atoms with Gasteiger partial charge in [0, 0.05) is 31.8 Å². The molecular weight excluding hydrogens is 256 g/mol. The molecule has 2 aliphatic rings. The normalized spacial score (nSPS) is 29.2. The summed E-state index contributed by atoms with van der Waals surface area (Å²) in [6, 6.07) is -1.13. The zero-order valence-corrected chi connectivity index (χ0v) is 10.9. The molecule has 18 heavy (non-hydrogen) atoms. The van der Waals surface area contributed by atoms with E-state index >= 15 is 0 Å². The molecule has 2 aliphatic heterocycles. The Balaban J connectivity index is 2.04. The third kappa shape index (κ3) is 2.89. The fourth-order valence-electron chi connectivity index (χ4n) is 2.38. The van der Waals surface area contributed by atoms with Crippen LogP contribution in [0.3, 0.4) is 0 Å². The van der Waals surface area contributed by atoms with E-state index in [-0.39, 0.29) is 19.0 Å². The molecule has 2 fully saturated rings. The molecule has 2 heterocycles. The van der Waals surface area contributed by atoms with Crippen LogP contribution < -0.4 is 0 Å². The first-order valence-electron chi connectivity index (χ1n) is 6.13. The van der Waals surface area contributed by atoms with Crippen molar-refractivity contribution >= 4 is 23.8 Å². The van der Waals surface area contributed by atoms with Gasteiger partial charge in [-0.05, 0) is 12.2 Å². The number of carbonyl (C=O) groups excluding carboxylic acids is 1. The van der Waals surface area contributed by atoms with Crippen molar-refractivity contribution in [3.63, 3.8) is 0 Å². The van der Waals surface area contributed by atoms with Crippen molar-refractivity contribution in [3.8, 4) is 0 Å². The number of carbonyl (C=O) groups is 2. The number of carboxylic acid groups (broad SMARTS) is 1. The van der Waals surface area contributed by atoms with Crippen LogP contribution in [-0.2, 0) is 4.79 Å².